The van der Waals surface area contributed by atoms with Crippen LogP contribution in [0.25, 0.3) is 111 Å². The molecule has 0 amide bonds. The van der Waals surface area contributed by atoms with Gasteiger partial charge in [-0.2, -0.15) is 0 Å². The normalized spacial score (nSPS) is 11.9. The Bertz CT molecular complexity index is 3450. The summed E-state index contributed by atoms with van der Waals surface area (Å²) in [5.74, 6) is 1.87. The predicted molar refractivity (Wildman–Crippen MR) is 232 cm³/mol. The van der Waals surface area contributed by atoms with Crippen molar-refractivity contribution in [2.45, 2.75) is 0 Å². The first-order valence-corrected chi connectivity index (χ1v) is 19.1. The Balaban J connectivity index is 1.16. The van der Waals surface area contributed by atoms with Gasteiger partial charge in [0.25, 0.3) is 0 Å². The number of para-hydroxylation sites is 3. The smallest absolute Gasteiger partial charge is 0.164 e. The van der Waals surface area contributed by atoms with Crippen LogP contribution in [0.2, 0.25) is 0 Å². The zero-order chi connectivity index (χ0) is 37.5. The van der Waals surface area contributed by atoms with Crippen LogP contribution >= 0.6 is 0 Å². The lowest BCUT2D eigenvalue weighted by molar-refractivity contribution is 0.669. The van der Waals surface area contributed by atoms with Crippen molar-refractivity contribution >= 4 is 65.6 Å². The van der Waals surface area contributed by atoms with Crippen LogP contribution in [-0.2, 0) is 0 Å². The Morgan fingerprint density at radius 2 is 0.807 bits per heavy atom. The first-order valence-electron chi connectivity index (χ1n) is 19.1. The third-order valence-corrected chi connectivity index (χ3v) is 11.1. The second-order valence-electron chi connectivity index (χ2n) is 14.5. The topological polar surface area (TPSA) is 61.7 Å². The SMILES string of the molecule is c1ccc(-c2nc(-c3ccccc3)nc(-c3cccc(-n4c5cc6c(cc5c5cc7c8ccccc8n(-c8ccccc8)c7cc54)oc4ccccc46)c3)n2)cc1. The summed E-state index contributed by atoms with van der Waals surface area (Å²) in [5.41, 5.74) is 11.1. The highest BCUT2D eigenvalue weighted by molar-refractivity contribution is 6.22. The third-order valence-electron chi connectivity index (χ3n) is 11.1. The van der Waals surface area contributed by atoms with E-state index >= 15 is 0 Å². The average molecular weight is 730 g/mol. The minimum Gasteiger partial charge on any atom is -0.456 e. The first-order chi connectivity index (χ1) is 28.2. The fourth-order valence-electron chi connectivity index (χ4n) is 8.55. The van der Waals surface area contributed by atoms with Gasteiger partial charge in [-0.3, -0.25) is 0 Å². The van der Waals surface area contributed by atoms with E-state index in [-0.39, 0.29) is 0 Å². The van der Waals surface area contributed by atoms with E-state index in [0.29, 0.717) is 17.5 Å². The number of rotatable bonds is 5. The zero-order valence-corrected chi connectivity index (χ0v) is 30.5. The van der Waals surface area contributed by atoms with Gasteiger partial charge in [0.15, 0.2) is 17.5 Å². The number of furan rings is 1. The van der Waals surface area contributed by atoms with Gasteiger partial charge in [0.05, 0.1) is 22.1 Å². The fourth-order valence-corrected chi connectivity index (χ4v) is 8.55. The van der Waals surface area contributed by atoms with Crippen molar-refractivity contribution < 1.29 is 4.42 Å². The van der Waals surface area contributed by atoms with Gasteiger partial charge < -0.3 is 13.6 Å². The molecule has 0 atom stereocenters. The minimum atomic E-state index is 0.611. The molecule has 0 N–H and O–H groups in total. The Morgan fingerprint density at radius 1 is 0.298 bits per heavy atom. The maximum absolute atomic E-state index is 6.48. The lowest BCUT2D eigenvalue weighted by Crippen LogP contribution is -2.01. The van der Waals surface area contributed by atoms with E-state index < -0.39 is 0 Å². The van der Waals surface area contributed by atoms with Gasteiger partial charge in [0, 0.05) is 60.4 Å². The highest BCUT2D eigenvalue weighted by Crippen LogP contribution is 2.42. The van der Waals surface area contributed by atoms with Gasteiger partial charge in [-0.1, -0.05) is 127 Å². The third kappa shape index (κ3) is 4.94. The number of benzene rings is 8. The lowest BCUT2D eigenvalue weighted by atomic mass is 10.1. The molecule has 6 nitrogen and oxygen atoms in total. The number of fused-ring (bicyclic) bond motifs is 9. The molecule has 0 saturated heterocycles. The number of hydrogen-bond acceptors (Lipinski definition) is 4. The van der Waals surface area contributed by atoms with Crippen LogP contribution in [0.1, 0.15) is 0 Å². The summed E-state index contributed by atoms with van der Waals surface area (Å²) in [6.07, 6.45) is 0. The van der Waals surface area contributed by atoms with Crippen LogP contribution in [0.3, 0.4) is 0 Å². The van der Waals surface area contributed by atoms with Crippen molar-refractivity contribution in [3.8, 4) is 45.5 Å². The lowest BCUT2D eigenvalue weighted by Gasteiger charge is -2.12. The first kappa shape index (κ1) is 31.5. The van der Waals surface area contributed by atoms with Crippen LogP contribution in [0, 0.1) is 0 Å². The van der Waals surface area contributed by atoms with Crippen molar-refractivity contribution in [2.24, 2.45) is 0 Å². The fraction of sp³-hybridized carbons (Fsp3) is 0. The van der Waals surface area contributed by atoms with Gasteiger partial charge in [-0.05, 0) is 60.7 Å². The van der Waals surface area contributed by atoms with E-state index in [1.54, 1.807) is 0 Å². The molecule has 0 radical (unpaired) electrons. The molecule has 0 aliphatic carbocycles. The molecule has 266 valence electrons. The molecule has 0 aliphatic rings. The van der Waals surface area contributed by atoms with Crippen LogP contribution < -0.4 is 0 Å². The second kappa shape index (κ2) is 12.3. The molecule has 8 aromatic carbocycles. The maximum Gasteiger partial charge on any atom is 0.164 e. The van der Waals surface area contributed by atoms with Crippen LogP contribution in [0.15, 0.2) is 192 Å². The Labute approximate surface area is 326 Å². The van der Waals surface area contributed by atoms with Crippen molar-refractivity contribution in [1.82, 2.24) is 24.1 Å². The molecule has 12 rings (SSSR count). The molecule has 12 aromatic rings. The molecule has 0 bridgehead atoms. The summed E-state index contributed by atoms with van der Waals surface area (Å²) in [6, 6.07) is 65.6. The Kier molecular flexibility index (Phi) is 6.83. The van der Waals surface area contributed by atoms with E-state index in [1.807, 2.05) is 72.8 Å². The molecule has 0 spiro atoms. The molecule has 0 aliphatic heterocycles. The molecular weight excluding hydrogens is 699 g/mol. The Morgan fingerprint density at radius 3 is 1.53 bits per heavy atom. The Hall–Kier alpha value is -7.83. The van der Waals surface area contributed by atoms with E-state index in [9.17, 15) is 0 Å². The number of hydrogen-bond donors (Lipinski definition) is 0. The van der Waals surface area contributed by atoms with Gasteiger partial charge >= 0.3 is 0 Å². The highest BCUT2D eigenvalue weighted by Gasteiger charge is 2.21. The summed E-state index contributed by atoms with van der Waals surface area (Å²) in [6.45, 7) is 0. The van der Waals surface area contributed by atoms with Gasteiger partial charge in [0.2, 0.25) is 0 Å². The summed E-state index contributed by atoms with van der Waals surface area (Å²) in [5, 5.41) is 6.87. The monoisotopic (exact) mass is 729 g/mol. The molecule has 4 heterocycles. The molecule has 4 aromatic heterocycles. The summed E-state index contributed by atoms with van der Waals surface area (Å²) in [7, 11) is 0. The standard InChI is InChI=1S/C51H31N5O/c1-4-15-32(16-5-1)49-52-50(33-17-6-2-7-18-33)54-51(53-49)34-19-14-22-36(27-34)56-44-29-42-38-24-11-13-26-47(38)57-48(42)30-41(44)40-28-39-37-23-10-12-25-43(37)55(45(39)31-46(40)56)35-20-8-3-9-21-35/h1-31H. The van der Waals surface area contributed by atoms with Gasteiger partial charge in [0.1, 0.15) is 11.2 Å². The average Bonchev–Trinajstić information content (AvgIpc) is 3.92. The van der Waals surface area contributed by atoms with Gasteiger partial charge in [-0.25, -0.2) is 15.0 Å². The summed E-state index contributed by atoms with van der Waals surface area (Å²) >= 11 is 0. The van der Waals surface area contributed by atoms with Crippen LogP contribution in [-0.4, -0.2) is 24.1 Å². The van der Waals surface area contributed by atoms with E-state index in [0.717, 1.165) is 77.3 Å². The second-order valence-corrected chi connectivity index (χ2v) is 14.5. The van der Waals surface area contributed by atoms with Crippen molar-refractivity contribution in [1.29, 1.82) is 0 Å². The predicted octanol–water partition coefficient (Wildman–Crippen LogP) is 13.0. The van der Waals surface area contributed by atoms with E-state index in [1.165, 1.54) is 16.3 Å². The zero-order valence-electron chi connectivity index (χ0n) is 30.5. The molecule has 57 heavy (non-hydrogen) atoms. The molecule has 0 fully saturated rings. The molecular formula is C51H31N5O. The van der Waals surface area contributed by atoms with Crippen molar-refractivity contribution in [2.75, 3.05) is 0 Å². The largest absolute Gasteiger partial charge is 0.456 e. The maximum atomic E-state index is 6.48. The van der Waals surface area contributed by atoms with Crippen molar-refractivity contribution in [3.05, 3.63) is 188 Å². The number of aromatic nitrogens is 5. The van der Waals surface area contributed by atoms with E-state index in [2.05, 4.69) is 124 Å². The molecule has 0 saturated carbocycles. The van der Waals surface area contributed by atoms with Crippen molar-refractivity contribution in [3.63, 3.8) is 0 Å². The summed E-state index contributed by atoms with van der Waals surface area (Å²) < 4.78 is 11.2. The minimum absolute atomic E-state index is 0.611. The molecule has 6 heteroatoms. The van der Waals surface area contributed by atoms with Crippen LogP contribution in [0.4, 0.5) is 0 Å². The van der Waals surface area contributed by atoms with E-state index in [4.69, 9.17) is 19.4 Å². The molecule has 0 unspecified atom stereocenters. The highest BCUT2D eigenvalue weighted by atomic mass is 16.3. The van der Waals surface area contributed by atoms with Crippen LogP contribution in [0.5, 0.6) is 0 Å². The number of nitrogens with zero attached hydrogens (tertiary/aromatic N) is 5. The quantitative estimate of drug-likeness (QED) is 0.177. The summed E-state index contributed by atoms with van der Waals surface area (Å²) in [4.78, 5) is 15.1. The van der Waals surface area contributed by atoms with Gasteiger partial charge in [-0.15, -0.1) is 0 Å².